The average molecular weight is 352 g/mol. The summed E-state index contributed by atoms with van der Waals surface area (Å²) in [6.45, 7) is 4.65. The van der Waals surface area contributed by atoms with Crippen LogP contribution in [-0.4, -0.2) is 41.9 Å². The lowest BCUT2D eigenvalue weighted by Crippen LogP contribution is -2.49. The van der Waals surface area contributed by atoms with E-state index in [0.717, 1.165) is 0 Å². The Hall–Kier alpha value is -1.77. The third kappa shape index (κ3) is 2.85. The normalized spacial score (nSPS) is 19.6. The molecule has 1 saturated heterocycles. The van der Waals surface area contributed by atoms with Crippen molar-refractivity contribution in [3.05, 3.63) is 47.3 Å². The SMILES string of the molecule is Cc1cc(F)cc(C)c1S(=O)(=O)N1CCNCC1c1nccn1C. The van der Waals surface area contributed by atoms with Crippen molar-refractivity contribution >= 4 is 10.0 Å². The number of aryl methyl sites for hydroxylation is 3. The quantitative estimate of drug-likeness (QED) is 0.909. The Morgan fingerprint density at radius 3 is 2.54 bits per heavy atom. The molecule has 1 aromatic heterocycles. The minimum Gasteiger partial charge on any atom is -0.337 e. The minimum atomic E-state index is -3.76. The first-order valence-electron chi connectivity index (χ1n) is 7.79. The molecule has 3 rings (SSSR count). The third-order valence-electron chi connectivity index (χ3n) is 4.34. The Kier molecular flexibility index (Phi) is 4.46. The smallest absolute Gasteiger partial charge is 0.244 e. The Balaban J connectivity index is 2.09. The van der Waals surface area contributed by atoms with Crippen molar-refractivity contribution in [2.45, 2.75) is 24.8 Å². The number of rotatable bonds is 3. The van der Waals surface area contributed by atoms with Crippen molar-refractivity contribution in [2.24, 2.45) is 7.05 Å². The zero-order valence-corrected chi connectivity index (χ0v) is 14.8. The summed E-state index contributed by atoms with van der Waals surface area (Å²) in [5.41, 5.74) is 0.842. The highest BCUT2D eigenvalue weighted by Crippen LogP contribution is 2.31. The summed E-state index contributed by atoms with van der Waals surface area (Å²) in [6.07, 6.45) is 3.45. The predicted molar refractivity (Wildman–Crippen MR) is 88.6 cm³/mol. The van der Waals surface area contributed by atoms with Gasteiger partial charge in [-0.1, -0.05) is 0 Å². The van der Waals surface area contributed by atoms with Crippen LogP contribution in [0.1, 0.15) is 23.0 Å². The second-order valence-corrected chi connectivity index (χ2v) is 7.93. The van der Waals surface area contributed by atoms with Gasteiger partial charge in [-0.2, -0.15) is 4.31 Å². The fraction of sp³-hybridized carbons (Fsp3) is 0.438. The highest BCUT2D eigenvalue weighted by atomic mass is 32.2. The van der Waals surface area contributed by atoms with Gasteiger partial charge in [0.2, 0.25) is 10.0 Å². The second kappa shape index (κ2) is 6.27. The Labute approximate surface area is 141 Å². The summed E-state index contributed by atoms with van der Waals surface area (Å²) in [7, 11) is -1.92. The van der Waals surface area contributed by atoms with Crippen LogP contribution in [0.25, 0.3) is 0 Å². The number of nitrogens with one attached hydrogen (secondary N) is 1. The number of hydrogen-bond acceptors (Lipinski definition) is 4. The predicted octanol–water partition coefficient (Wildman–Crippen LogP) is 1.51. The number of benzene rings is 1. The van der Waals surface area contributed by atoms with Crippen LogP contribution in [0.15, 0.2) is 29.4 Å². The maximum absolute atomic E-state index is 13.6. The van der Waals surface area contributed by atoms with Gasteiger partial charge in [-0.05, 0) is 37.1 Å². The van der Waals surface area contributed by atoms with Crippen LogP contribution in [0.4, 0.5) is 4.39 Å². The molecule has 8 heteroatoms. The standard InChI is InChI=1S/C16H21FN4O2S/c1-11-8-13(17)9-12(2)15(11)24(22,23)21-7-4-18-10-14(21)16-19-5-6-20(16)3/h5-6,8-9,14,18H,4,7,10H2,1-3H3. The molecule has 0 radical (unpaired) electrons. The van der Waals surface area contributed by atoms with Crippen LogP contribution < -0.4 is 5.32 Å². The summed E-state index contributed by atoms with van der Waals surface area (Å²) >= 11 is 0. The fourth-order valence-electron chi connectivity index (χ4n) is 3.31. The molecule has 1 atom stereocenters. The van der Waals surface area contributed by atoms with Crippen molar-refractivity contribution in [2.75, 3.05) is 19.6 Å². The highest BCUT2D eigenvalue weighted by molar-refractivity contribution is 7.89. The van der Waals surface area contributed by atoms with E-state index in [2.05, 4.69) is 10.3 Å². The molecule has 0 aliphatic carbocycles. The average Bonchev–Trinajstić information content (AvgIpc) is 2.92. The molecule has 1 aliphatic heterocycles. The fourth-order valence-corrected chi connectivity index (χ4v) is 5.31. The maximum atomic E-state index is 13.6. The number of nitrogens with zero attached hydrogens (tertiary/aromatic N) is 3. The Morgan fingerprint density at radius 2 is 1.96 bits per heavy atom. The Morgan fingerprint density at radius 1 is 1.29 bits per heavy atom. The first kappa shape index (κ1) is 17.1. The van der Waals surface area contributed by atoms with Crippen molar-refractivity contribution in [1.82, 2.24) is 19.2 Å². The first-order valence-corrected chi connectivity index (χ1v) is 9.23. The van der Waals surface area contributed by atoms with E-state index in [1.54, 1.807) is 26.2 Å². The van der Waals surface area contributed by atoms with E-state index in [0.29, 0.717) is 36.6 Å². The molecule has 1 fully saturated rings. The number of piperazine rings is 1. The number of sulfonamides is 1. The lowest BCUT2D eigenvalue weighted by molar-refractivity contribution is 0.258. The van der Waals surface area contributed by atoms with Gasteiger partial charge in [-0.25, -0.2) is 17.8 Å². The van der Waals surface area contributed by atoms with Crippen LogP contribution in [0.3, 0.4) is 0 Å². The summed E-state index contributed by atoms with van der Waals surface area (Å²) < 4.78 is 43.4. The zero-order valence-electron chi connectivity index (χ0n) is 14.0. The van der Waals surface area contributed by atoms with Crippen LogP contribution in [-0.2, 0) is 17.1 Å². The zero-order chi connectivity index (χ0) is 17.5. The first-order chi connectivity index (χ1) is 11.3. The van der Waals surface area contributed by atoms with Crippen LogP contribution in [0.2, 0.25) is 0 Å². The molecular weight excluding hydrogens is 331 g/mol. The van der Waals surface area contributed by atoms with Crippen LogP contribution in [0.5, 0.6) is 0 Å². The molecule has 0 bridgehead atoms. The van der Waals surface area contributed by atoms with Crippen molar-refractivity contribution in [3.8, 4) is 0 Å². The summed E-state index contributed by atoms with van der Waals surface area (Å²) in [5.74, 6) is 0.258. The lowest BCUT2D eigenvalue weighted by Gasteiger charge is -2.35. The summed E-state index contributed by atoms with van der Waals surface area (Å²) in [6, 6.07) is 2.13. The van der Waals surface area contributed by atoms with Gasteiger partial charge in [-0.15, -0.1) is 0 Å². The Bertz CT molecular complexity index is 840. The largest absolute Gasteiger partial charge is 0.337 e. The lowest BCUT2D eigenvalue weighted by atomic mass is 10.1. The van der Waals surface area contributed by atoms with E-state index < -0.39 is 21.9 Å². The van der Waals surface area contributed by atoms with Gasteiger partial charge in [-0.3, -0.25) is 0 Å². The van der Waals surface area contributed by atoms with E-state index in [-0.39, 0.29) is 4.90 Å². The van der Waals surface area contributed by atoms with Crippen molar-refractivity contribution in [1.29, 1.82) is 0 Å². The van der Waals surface area contributed by atoms with E-state index in [4.69, 9.17) is 0 Å². The van der Waals surface area contributed by atoms with Crippen molar-refractivity contribution < 1.29 is 12.8 Å². The molecule has 1 unspecified atom stereocenters. The van der Waals surface area contributed by atoms with Gasteiger partial charge in [0.15, 0.2) is 0 Å². The third-order valence-corrected chi connectivity index (χ3v) is 6.56. The number of halogens is 1. The van der Waals surface area contributed by atoms with Gasteiger partial charge >= 0.3 is 0 Å². The van der Waals surface area contributed by atoms with Crippen LogP contribution >= 0.6 is 0 Å². The van der Waals surface area contributed by atoms with Crippen LogP contribution in [0, 0.1) is 19.7 Å². The van der Waals surface area contributed by atoms with E-state index in [1.807, 2.05) is 11.6 Å². The van der Waals surface area contributed by atoms with E-state index in [9.17, 15) is 12.8 Å². The van der Waals surface area contributed by atoms with Gasteiger partial charge in [0.05, 0.1) is 10.9 Å². The summed E-state index contributed by atoms with van der Waals surface area (Å²) in [5, 5.41) is 3.22. The molecule has 0 spiro atoms. The van der Waals surface area contributed by atoms with Crippen molar-refractivity contribution in [3.63, 3.8) is 0 Å². The molecule has 130 valence electrons. The minimum absolute atomic E-state index is 0.185. The van der Waals surface area contributed by atoms with Gasteiger partial charge in [0.1, 0.15) is 11.6 Å². The molecule has 0 saturated carbocycles. The maximum Gasteiger partial charge on any atom is 0.244 e. The molecule has 0 amide bonds. The van der Waals surface area contributed by atoms with Gasteiger partial charge < -0.3 is 9.88 Å². The summed E-state index contributed by atoms with van der Waals surface area (Å²) in [4.78, 5) is 4.50. The molecule has 2 aromatic rings. The number of imidazole rings is 1. The monoisotopic (exact) mass is 352 g/mol. The van der Waals surface area contributed by atoms with Gasteiger partial charge in [0.25, 0.3) is 0 Å². The molecule has 1 aromatic carbocycles. The van der Waals surface area contributed by atoms with Gasteiger partial charge in [0, 0.05) is 39.1 Å². The van der Waals surface area contributed by atoms with E-state index in [1.165, 1.54) is 16.4 Å². The molecule has 1 N–H and O–H groups in total. The molecule has 24 heavy (non-hydrogen) atoms. The molecular formula is C16H21FN4O2S. The molecule has 6 nitrogen and oxygen atoms in total. The second-order valence-electron chi connectivity index (χ2n) is 6.10. The molecule has 2 heterocycles. The number of hydrogen-bond donors (Lipinski definition) is 1. The number of aromatic nitrogens is 2. The molecule has 1 aliphatic rings. The van der Waals surface area contributed by atoms with E-state index >= 15 is 0 Å². The topological polar surface area (TPSA) is 67.2 Å². The highest BCUT2D eigenvalue weighted by Gasteiger charge is 2.37.